The minimum absolute atomic E-state index is 0.211. The van der Waals surface area contributed by atoms with Gasteiger partial charge in [0.05, 0.1) is 5.56 Å². The minimum atomic E-state index is -0.931. The van der Waals surface area contributed by atoms with Crippen molar-refractivity contribution in [3.8, 4) is 0 Å². The molecule has 1 aliphatic carbocycles. The van der Waals surface area contributed by atoms with Crippen molar-refractivity contribution in [1.29, 1.82) is 0 Å². The number of aromatic nitrogens is 1. The first kappa shape index (κ1) is 17.3. The number of aryl methyl sites for hydroxylation is 1. The minimum Gasteiger partial charge on any atom is -0.444 e. The van der Waals surface area contributed by atoms with Gasteiger partial charge in [0.1, 0.15) is 0 Å². The number of carbonyl (C=O) groups excluding carboxylic acids is 2. The zero-order chi connectivity index (χ0) is 18.0. The van der Waals surface area contributed by atoms with Crippen molar-refractivity contribution in [3.05, 3.63) is 58.9 Å². The number of nitrogens with one attached hydrogen (secondary N) is 1. The van der Waals surface area contributed by atoms with Crippen LogP contribution in [0.1, 0.15) is 53.2 Å². The molecule has 1 N–H and O–H groups in total. The van der Waals surface area contributed by atoms with E-state index >= 15 is 0 Å². The average molecular weight is 340 g/mol. The fourth-order valence-corrected chi connectivity index (χ4v) is 3.07. The van der Waals surface area contributed by atoms with Crippen LogP contribution in [-0.2, 0) is 16.1 Å². The molecule has 1 heterocycles. The fourth-order valence-electron chi connectivity index (χ4n) is 3.07. The molecule has 3 rings (SSSR count). The average Bonchev–Trinajstić information content (AvgIpc) is 3.37. The molecular formula is C20H24N2O3. The molecule has 2 aromatic rings. The first-order chi connectivity index (χ1) is 12.0. The summed E-state index contributed by atoms with van der Waals surface area (Å²) in [6.45, 7) is 6.68. The van der Waals surface area contributed by atoms with Gasteiger partial charge < -0.3 is 14.6 Å². The SMILES string of the molecule is CCn1c(C)cc(C(=O)O[C@H](C(=O)NC2CC2)c2ccccc2)c1C. The zero-order valence-corrected chi connectivity index (χ0v) is 14.9. The van der Waals surface area contributed by atoms with E-state index in [2.05, 4.69) is 9.88 Å². The van der Waals surface area contributed by atoms with Crippen molar-refractivity contribution in [1.82, 2.24) is 9.88 Å². The maximum Gasteiger partial charge on any atom is 0.341 e. The molecule has 1 aromatic carbocycles. The van der Waals surface area contributed by atoms with E-state index < -0.39 is 12.1 Å². The smallest absolute Gasteiger partial charge is 0.341 e. The number of ether oxygens (including phenoxy) is 1. The standard InChI is InChI=1S/C20H24N2O3/c1-4-22-13(2)12-17(14(22)3)20(24)25-18(15-8-6-5-7-9-15)19(23)21-16-10-11-16/h5-9,12,16,18H,4,10-11H2,1-3H3,(H,21,23)/t18-/m0/s1. The van der Waals surface area contributed by atoms with E-state index in [4.69, 9.17) is 4.74 Å². The number of carbonyl (C=O) groups is 2. The Bertz CT molecular complexity index is 776. The third-order valence-corrected chi connectivity index (χ3v) is 4.60. The van der Waals surface area contributed by atoms with Gasteiger partial charge in [-0.1, -0.05) is 30.3 Å². The first-order valence-corrected chi connectivity index (χ1v) is 8.74. The second kappa shape index (κ2) is 7.13. The summed E-state index contributed by atoms with van der Waals surface area (Å²) in [5, 5.41) is 2.93. The van der Waals surface area contributed by atoms with Crippen molar-refractivity contribution >= 4 is 11.9 Å². The predicted octanol–water partition coefficient (Wildman–Crippen LogP) is 3.30. The summed E-state index contributed by atoms with van der Waals surface area (Å²) >= 11 is 0. The van der Waals surface area contributed by atoms with Crippen LogP contribution < -0.4 is 5.32 Å². The van der Waals surface area contributed by atoms with Gasteiger partial charge in [0, 0.05) is 29.5 Å². The summed E-state index contributed by atoms with van der Waals surface area (Å²) in [6.07, 6.45) is 1.04. The van der Waals surface area contributed by atoms with Crippen LogP contribution in [0.25, 0.3) is 0 Å². The maximum absolute atomic E-state index is 12.7. The highest BCUT2D eigenvalue weighted by atomic mass is 16.5. The van der Waals surface area contributed by atoms with Gasteiger partial charge in [0.2, 0.25) is 6.10 Å². The number of nitrogens with zero attached hydrogens (tertiary/aromatic N) is 1. The molecule has 5 nitrogen and oxygen atoms in total. The molecule has 0 aliphatic heterocycles. The second-order valence-corrected chi connectivity index (χ2v) is 6.51. The van der Waals surface area contributed by atoms with E-state index in [1.807, 2.05) is 45.0 Å². The zero-order valence-electron chi connectivity index (χ0n) is 14.9. The van der Waals surface area contributed by atoms with Gasteiger partial charge in [-0.3, -0.25) is 4.79 Å². The lowest BCUT2D eigenvalue weighted by molar-refractivity contribution is -0.130. The fraction of sp³-hybridized carbons (Fsp3) is 0.400. The van der Waals surface area contributed by atoms with Crippen LogP contribution in [-0.4, -0.2) is 22.5 Å². The Kier molecular flexibility index (Phi) is 4.93. The van der Waals surface area contributed by atoms with Crippen LogP contribution >= 0.6 is 0 Å². The van der Waals surface area contributed by atoms with Gasteiger partial charge in [-0.15, -0.1) is 0 Å². The van der Waals surface area contributed by atoms with Crippen LogP contribution in [0.3, 0.4) is 0 Å². The molecule has 25 heavy (non-hydrogen) atoms. The molecule has 0 bridgehead atoms. The van der Waals surface area contributed by atoms with Gasteiger partial charge in [0.25, 0.3) is 5.91 Å². The van der Waals surface area contributed by atoms with Crippen molar-refractivity contribution < 1.29 is 14.3 Å². The molecule has 1 aliphatic rings. The van der Waals surface area contributed by atoms with Crippen LogP contribution in [0.4, 0.5) is 0 Å². The monoisotopic (exact) mass is 340 g/mol. The molecule has 1 fully saturated rings. The quantitative estimate of drug-likeness (QED) is 0.821. The first-order valence-electron chi connectivity index (χ1n) is 8.74. The number of hydrogen-bond acceptors (Lipinski definition) is 3. The summed E-state index contributed by atoms with van der Waals surface area (Å²) < 4.78 is 7.70. The van der Waals surface area contributed by atoms with Gasteiger partial charge >= 0.3 is 5.97 Å². The largest absolute Gasteiger partial charge is 0.444 e. The van der Waals surface area contributed by atoms with Gasteiger partial charge in [-0.25, -0.2) is 4.79 Å². The Morgan fingerprint density at radius 3 is 2.48 bits per heavy atom. The summed E-state index contributed by atoms with van der Waals surface area (Å²) in [6, 6.07) is 11.2. The maximum atomic E-state index is 12.7. The summed E-state index contributed by atoms with van der Waals surface area (Å²) in [4.78, 5) is 25.3. The number of esters is 1. The summed E-state index contributed by atoms with van der Waals surface area (Å²) in [5.41, 5.74) is 3.06. The molecular weight excluding hydrogens is 316 g/mol. The van der Waals surface area contributed by atoms with E-state index in [1.54, 1.807) is 12.1 Å². The van der Waals surface area contributed by atoms with Crippen molar-refractivity contribution in [3.63, 3.8) is 0 Å². The van der Waals surface area contributed by atoms with Crippen LogP contribution in [0.5, 0.6) is 0 Å². The normalized spacial score (nSPS) is 14.8. The lowest BCUT2D eigenvalue weighted by Gasteiger charge is -2.18. The van der Waals surface area contributed by atoms with Crippen LogP contribution in [0.15, 0.2) is 36.4 Å². The Morgan fingerprint density at radius 1 is 1.24 bits per heavy atom. The number of amides is 1. The molecule has 5 heteroatoms. The van der Waals surface area contributed by atoms with Crippen molar-refractivity contribution in [2.24, 2.45) is 0 Å². The molecule has 1 atom stereocenters. The summed E-state index contributed by atoms with van der Waals surface area (Å²) in [5.74, 6) is -0.723. The molecule has 0 radical (unpaired) electrons. The highest BCUT2D eigenvalue weighted by Gasteiger charge is 2.31. The third kappa shape index (κ3) is 3.76. The predicted molar refractivity (Wildman–Crippen MR) is 95.3 cm³/mol. The van der Waals surface area contributed by atoms with E-state index in [1.165, 1.54) is 0 Å². The topological polar surface area (TPSA) is 60.3 Å². The Labute approximate surface area is 148 Å². The summed E-state index contributed by atoms with van der Waals surface area (Å²) in [7, 11) is 0. The number of rotatable bonds is 6. The molecule has 0 unspecified atom stereocenters. The lowest BCUT2D eigenvalue weighted by Crippen LogP contribution is -2.33. The molecule has 1 saturated carbocycles. The van der Waals surface area contributed by atoms with Crippen molar-refractivity contribution in [2.75, 3.05) is 0 Å². The Hall–Kier alpha value is -2.56. The number of benzene rings is 1. The molecule has 0 saturated heterocycles. The van der Waals surface area contributed by atoms with Crippen LogP contribution in [0, 0.1) is 13.8 Å². The molecule has 132 valence electrons. The number of hydrogen-bond donors (Lipinski definition) is 1. The van der Waals surface area contributed by atoms with E-state index in [0.29, 0.717) is 11.1 Å². The van der Waals surface area contributed by atoms with E-state index in [-0.39, 0.29) is 11.9 Å². The Balaban J connectivity index is 1.84. The molecule has 1 amide bonds. The van der Waals surface area contributed by atoms with E-state index in [9.17, 15) is 9.59 Å². The third-order valence-electron chi connectivity index (χ3n) is 4.60. The molecule has 1 aromatic heterocycles. The van der Waals surface area contributed by atoms with Crippen LogP contribution in [0.2, 0.25) is 0 Å². The lowest BCUT2D eigenvalue weighted by atomic mass is 10.1. The van der Waals surface area contributed by atoms with E-state index in [0.717, 1.165) is 30.8 Å². The Morgan fingerprint density at radius 2 is 1.92 bits per heavy atom. The highest BCUT2D eigenvalue weighted by molar-refractivity contribution is 5.94. The van der Waals surface area contributed by atoms with Crippen molar-refractivity contribution in [2.45, 2.75) is 52.3 Å². The second-order valence-electron chi connectivity index (χ2n) is 6.51. The van der Waals surface area contributed by atoms with Gasteiger partial charge in [0.15, 0.2) is 0 Å². The molecule has 0 spiro atoms. The highest BCUT2D eigenvalue weighted by Crippen LogP contribution is 2.25. The van der Waals surface area contributed by atoms with Gasteiger partial charge in [-0.2, -0.15) is 0 Å². The van der Waals surface area contributed by atoms with Gasteiger partial charge in [-0.05, 0) is 39.7 Å².